The van der Waals surface area contributed by atoms with Crippen molar-refractivity contribution in [3.8, 4) is 11.8 Å². The smallest absolute Gasteiger partial charge is 0.349 e. The van der Waals surface area contributed by atoms with Gasteiger partial charge in [0.05, 0.1) is 6.61 Å². The number of para-hydroxylation sites is 1. The van der Waals surface area contributed by atoms with Crippen molar-refractivity contribution in [2.45, 2.75) is 13.8 Å². The van der Waals surface area contributed by atoms with E-state index in [4.69, 9.17) is 10.00 Å². The molecule has 0 atom stereocenters. The van der Waals surface area contributed by atoms with E-state index in [1.165, 1.54) is 6.07 Å². The maximum absolute atomic E-state index is 11.5. The number of allylic oxidation sites excluding steroid dienone is 1. The zero-order chi connectivity index (χ0) is 12.8. The molecule has 0 aliphatic carbocycles. The molecular weight excluding hydrogens is 218 g/mol. The van der Waals surface area contributed by atoms with E-state index in [-0.39, 0.29) is 17.9 Å². The third kappa shape index (κ3) is 2.85. The number of benzene rings is 1. The Balaban J connectivity index is 3.24. The summed E-state index contributed by atoms with van der Waals surface area (Å²) in [4.78, 5) is 11.5. The third-order valence-electron chi connectivity index (χ3n) is 2.27. The van der Waals surface area contributed by atoms with Gasteiger partial charge in [0.15, 0.2) is 0 Å². The molecule has 1 aromatic rings. The number of nitriles is 1. The molecule has 0 heterocycles. The van der Waals surface area contributed by atoms with Crippen molar-refractivity contribution in [3.05, 3.63) is 35.4 Å². The zero-order valence-electron chi connectivity index (χ0n) is 9.73. The maximum Gasteiger partial charge on any atom is 0.349 e. The van der Waals surface area contributed by atoms with Gasteiger partial charge in [-0.25, -0.2) is 4.79 Å². The van der Waals surface area contributed by atoms with E-state index in [0.29, 0.717) is 11.1 Å². The molecule has 0 saturated carbocycles. The predicted molar refractivity (Wildman–Crippen MR) is 62.9 cm³/mol. The molecule has 0 spiro atoms. The molecule has 0 unspecified atom stereocenters. The van der Waals surface area contributed by atoms with Crippen LogP contribution in [0.4, 0.5) is 0 Å². The van der Waals surface area contributed by atoms with Crippen LogP contribution < -0.4 is 0 Å². The normalized spacial score (nSPS) is 11.4. The van der Waals surface area contributed by atoms with Crippen molar-refractivity contribution in [2.75, 3.05) is 6.61 Å². The van der Waals surface area contributed by atoms with Gasteiger partial charge in [-0.3, -0.25) is 0 Å². The van der Waals surface area contributed by atoms with Crippen LogP contribution in [0.2, 0.25) is 0 Å². The summed E-state index contributed by atoms with van der Waals surface area (Å²) in [5.74, 6) is -0.641. The molecule has 0 radical (unpaired) electrons. The molecule has 4 heteroatoms. The molecule has 1 rings (SSSR count). The fourth-order valence-electron chi connectivity index (χ4n) is 1.41. The largest absolute Gasteiger partial charge is 0.507 e. The number of ether oxygens (including phenoxy) is 1. The fraction of sp³-hybridized carbons (Fsp3) is 0.231. The van der Waals surface area contributed by atoms with Crippen LogP contribution in [0.15, 0.2) is 29.8 Å². The van der Waals surface area contributed by atoms with E-state index in [0.717, 1.165) is 0 Å². The highest BCUT2D eigenvalue weighted by Crippen LogP contribution is 2.26. The van der Waals surface area contributed by atoms with Crippen LogP contribution in [0.3, 0.4) is 0 Å². The Morgan fingerprint density at radius 3 is 2.65 bits per heavy atom. The number of nitrogens with zero attached hydrogens (tertiary/aromatic N) is 1. The lowest BCUT2D eigenvalue weighted by atomic mass is 10.0. The van der Waals surface area contributed by atoms with Gasteiger partial charge in [-0.15, -0.1) is 0 Å². The second kappa shape index (κ2) is 5.71. The van der Waals surface area contributed by atoms with E-state index in [1.807, 2.05) is 0 Å². The van der Waals surface area contributed by atoms with Crippen LogP contribution in [0, 0.1) is 11.3 Å². The first-order valence-electron chi connectivity index (χ1n) is 5.18. The fourth-order valence-corrected chi connectivity index (χ4v) is 1.41. The highest BCUT2D eigenvalue weighted by molar-refractivity contribution is 6.01. The third-order valence-corrected chi connectivity index (χ3v) is 2.27. The number of aromatic hydroxyl groups is 1. The monoisotopic (exact) mass is 231 g/mol. The molecular formula is C13H13NO3. The quantitative estimate of drug-likeness (QED) is 0.492. The number of carbonyl (C=O) groups excluding carboxylic acids is 1. The number of esters is 1. The second-order valence-electron chi connectivity index (χ2n) is 3.35. The van der Waals surface area contributed by atoms with Gasteiger partial charge < -0.3 is 9.84 Å². The van der Waals surface area contributed by atoms with E-state index in [9.17, 15) is 9.90 Å². The Kier molecular flexibility index (Phi) is 4.29. The summed E-state index contributed by atoms with van der Waals surface area (Å²) >= 11 is 0. The van der Waals surface area contributed by atoms with Crippen molar-refractivity contribution in [2.24, 2.45) is 0 Å². The molecule has 0 fully saturated rings. The molecule has 0 saturated heterocycles. The molecule has 88 valence electrons. The standard InChI is InChI=1S/C13H13NO3/c1-3-17-13(16)11(8-14)9(2)10-6-4-5-7-12(10)15/h4-7,15H,3H2,1-2H3/b11-9+. The number of hydrogen-bond acceptors (Lipinski definition) is 4. The molecule has 0 aliphatic heterocycles. The zero-order valence-corrected chi connectivity index (χ0v) is 9.73. The van der Waals surface area contributed by atoms with Gasteiger partial charge in [0.1, 0.15) is 17.4 Å². The van der Waals surface area contributed by atoms with Crippen molar-refractivity contribution in [3.63, 3.8) is 0 Å². The minimum atomic E-state index is -0.671. The van der Waals surface area contributed by atoms with E-state index >= 15 is 0 Å². The SMILES string of the molecule is CCOC(=O)/C(C#N)=C(\C)c1ccccc1O. The van der Waals surface area contributed by atoms with Gasteiger partial charge >= 0.3 is 5.97 Å². The van der Waals surface area contributed by atoms with Crippen LogP contribution in [0.25, 0.3) is 5.57 Å². The number of phenolic OH excluding ortho intramolecular Hbond substituents is 1. The van der Waals surface area contributed by atoms with Crippen LogP contribution in [0.1, 0.15) is 19.4 Å². The van der Waals surface area contributed by atoms with Crippen molar-refractivity contribution in [1.82, 2.24) is 0 Å². The average Bonchev–Trinajstić information content (AvgIpc) is 2.30. The summed E-state index contributed by atoms with van der Waals surface area (Å²) in [5, 5.41) is 18.6. The topological polar surface area (TPSA) is 70.3 Å². The minimum absolute atomic E-state index is 0.0297. The molecule has 1 aromatic carbocycles. The number of phenols is 1. The molecule has 0 amide bonds. The van der Waals surface area contributed by atoms with Crippen LogP contribution in [-0.2, 0) is 9.53 Å². The molecule has 1 N–H and O–H groups in total. The predicted octanol–water partition coefficient (Wildman–Crippen LogP) is 2.25. The lowest BCUT2D eigenvalue weighted by Gasteiger charge is -2.07. The van der Waals surface area contributed by atoms with Gasteiger partial charge in [-0.05, 0) is 25.5 Å². The first-order valence-corrected chi connectivity index (χ1v) is 5.18. The first-order chi connectivity index (χ1) is 8.11. The first kappa shape index (κ1) is 12.8. The lowest BCUT2D eigenvalue weighted by molar-refractivity contribution is -0.137. The number of rotatable bonds is 3. The van der Waals surface area contributed by atoms with E-state index in [2.05, 4.69) is 0 Å². The summed E-state index contributed by atoms with van der Waals surface area (Å²) in [6.07, 6.45) is 0. The van der Waals surface area contributed by atoms with E-state index < -0.39 is 5.97 Å². The van der Waals surface area contributed by atoms with Crippen molar-refractivity contribution < 1.29 is 14.6 Å². The van der Waals surface area contributed by atoms with Gasteiger partial charge in [0, 0.05) is 5.56 Å². The van der Waals surface area contributed by atoms with Crippen molar-refractivity contribution >= 4 is 11.5 Å². The summed E-state index contributed by atoms with van der Waals surface area (Å²) < 4.78 is 4.78. The summed E-state index contributed by atoms with van der Waals surface area (Å²) in [6.45, 7) is 3.48. The minimum Gasteiger partial charge on any atom is -0.507 e. The van der Waals surface area contributed by atoms with E-state index in [1.54, 1.807) is 38.1 Å². The molecule has 0 aliphatic rings. The molecule has 17 heavy (non-hydrogen) atoms. The molecule has 4 nitrogen and oxygen atoms in total. The number of hydrogen-bond donors (Lipinski definition) is 1. The number of carbonyl (C=O) groups is 1. The van der Waals surface area contributed by atoms with Gasteiger partial charge in [0.2, 0.25) is 0 Å². The molecule has 0 aromatic heterocycles. The van der Waals surface area contributed by atoms with Crippen molar-refractivity contribution in [1.29, 1.82) is 5.26 Å². The van der Waals surface area contributed by atoms with Crippen LogP contribution in [0.5, 0.6) is 5.75 Å². The Labute approximate surface area is 99.8 Å². The Morgan fingerprint density at radius 2 is 2.12 bits per heavy atom. The van der Waals surface area contributed by atoms with Crippen LogP contribution in [-0.4, -0.2) is 17.7 Å². The van der Waals surface area contributed by atoms with Gasteiger partial charge in [-0.2, -0.15) is 5.26 Å². The lowest BCUT2D eigenvalue weighted by Crippen LogP contribution is -2.08. The van der Waals surface area contributed by atoms with Crippen LogP contribution >= 0.6 is 0 Å². The summed E-state index contributed by atoms with van der Waals surface area (Å²) in [5.41, 5.74) is 0.773. The second-order valence-corrected chi connectivity index (χ2v) is 3.35. The van der Waals surface area contributed by atoms with Gasteiger partial charge in [-0.1, -0.05) is 18.2 Å². The highest BCUT2D eigenvalue weighted by Gasteiger charge is 2.16. The Hall–Kier alpha value is -2.28. The maximum atomic E-state index is 11.5. The molecule has 0 bridgehead atoms. The van der Waals surface area contributed by atoms with Gasteiger partial charge in [0.25, 0.3) is 0 Å². The summed E-state index contributed by atoms with van der Waals surface area (Å²) in [7, 11) is 0. The Bertz CT molecular complexity index is 498. The Morgan fingerprint density at radius 1 is 1.47 bits per heavy atom. The summed E-state index contributed by atoms with van der Waals surface area (Å²) in [6, 6.07) is 8.34. The highest BCUT2D eigenvalue weighted by atomic mass is 16.5. The average molecular weight is 231 g/mol.